The van der Waals surface area contributed by atoms with Crippen LogP contribution in [-0.2, 0) is 9.59 Å². The van der Waals surface area contributed by atoms with Gasteiger partial charge in [0.1, 0.15) is 0 Å². The Labute approximate surface area is 82.8 Å². The van der Waals surface area contributed by atoms with Crippen molar-refractivity contribution >= 4 is 11.8 Å². The molecule has 2 aliphatic rings. The van der Waals surface area contributed by atoms with Crippen LogP contribution >= 0.6 is 0 Å². The van der Waals surface area contributed by atoms with Gasteiger partial charge in [0.25, 0.3) is 11.8 Å². The number of carbonyl (C=O) groups excluding carboxylic acids is 2. The molecule has 2 rings (SSSR count). The molecule has 2 atom stereocenters. The lowest BCUT2D eigenvalue weighted by molar-refractivity contribution is -0.204. The molecule has 0 aromatic rings. The number of nitrogens with zero attached hydrogens (tertiary/aromatic N) is 1. The van der Waals surface area contributed by atoms with Crippen LogP contribution in [-0.4, -0.2) is 22.1 Å². The molecule has 0 aromatic carbocycles. The van der Waals surface area contributed by atoms with Crippen LogP contribution in [0.3, 0.4) is 0 Å². The summed E-state index contributed by atoms with van der Waals surface area (Å²) in [5.41, 5.74) is -0.916. The van der Waals surface area contributed by atoms with Crippen molar-refractivity contribution in [2.45, 2.75) is 33.6 Å². The highest BCUT2D eigenvalue weighted by Crippen LogP contribution is 2.59. The van der Waals surface area contributed by atoms with Crippen LogP contribution in [0.2, 0.25) is 0 Å². The minimum atomic E-state index is -0.583. The van der Waals surface area contributed by atoms with Gasteiger partial charge in [-0.3, -0.25) is 14.8 Å². The zero-order valence-corrected chi connectivity index (χ0v) is 8.70. The van der Waals surface area contributed by atoms with E-state index in [4.69, 9.17) is 0 Å². The third-order valence-electron chi connectivity index (χ3n) is 4.40. The fraction of sp³-hybridized carbons (Fsp3) is 0.800. The molecule has 0 radical (unpaired) electrons. The molecule has 1 aliphatic heterocycles. The fourth-order valence-electron chi connectivity index (χ4n) is 2.80. The Balaban J connectivity index is 2.55. The van der Waals surface area contributed by atoms with Crippen molar-refractivity contribution < 1.29 is 14.8 Å². The molecule has 1 saturated heterocycles. The Morgan fingerprint density at radius 3 is 2.50 bits per heavy atom. The molecule has 4 heteroatoms. The molecule has 1 N–H and O–H groups in total. The molecule has 2 unspecified atom stereocenters. The maximum atomic E-state index is 11.8. The lowest BCUT2D eigenvalue weighted by Gasteiger charge is -2.45. The van der Waals surface area contributed by atoms with Crippen LogP contribution < -0.4 is 0 Å². The first-order valence-electron chi connectivity index (χ1n) is 4.89. The Morgan fingerprint density at radius 2 is 1.93 bits per heavy atom. The number of piperidine rings is 1. The van der Waals surface area contributed by atoms with Crippen molar-refractivity contribution in [2.75, 3.05) is 0 Å². The zero-order chi connectivity index (χ0) is 10.7. The van der Waals surface area contributed by atoms with E-state index in [0.717, 1.165) is 0 Å². The summed E-state index contributed by atoms with van der Waals surface area (Å²) in [6, 6.07) is 0. The Hall–Kier alpha value is -0.900. The molecule has 1 heterocycles. The molecule has 78 valence electrons. The van der Waals surface area contributed by atoms with Gasteiger partial charge < -0.3 is 0 Å². The minimum Gasteiger partial charge on any atom is -0.278 e. The standard InChI is InChI=1S/C10H15NO3/c1-9(2)6-4-5-10(9,3)8(13)11(14)7(6)12/h6,14H,4-5H2,1-3H3. The number of fused-ring (bicyclic) bond motifs is 2. The zero-order valence-electron chi connectivity index (χ0n) is 8.70. The van der Waals surface area contributed by atoms with E-state index in [-0.39, 0.29) is 11.3 Å². The van der Waals surface area contributed by atoms with E-state index >= 15 is 0 Å². The Kier molecular flexibility index (Phi) is 1.63. The second-order valence-corrected chi connectivity index (χ2v) is 5.10. The lowest BCUT2D eigenvalue weighted by Crippen LogP contribution is -2.57. The Bertz CT molecular complexity index is 323. The first-order valence-corrected chi connectivity index (χ1v) is 4.89. The van der Waals surface area contributed by atoms with E-state index in [1.165, 1.54) is 0 Å². The van der Waals surface area contributed by atoms with Crippen LogP contribution in [0.25, 0.3) is 0 Å². The lowest BCUT2D eigenvalue weighted by atomic mass is 9.63. The number of amides is 2. The average molecular weight is 197 g/mol. The summed E-state index contributed by atoms with van der Waals surface area (Å²) in [5.74, 6) is -1.09. The smallest absolute Gasteiger partial charge is 0.259 e. The summed E-state index contributed by atoms with van der Waals surface area (Å²) in [7, 11) is 0. The van der Waals surface area contributed by atoms with E-state index in [9.17, 15) is 14.8 Å². The molecule has 0 aromatic heterocycles. The van der Waals surface area contributed by atoms with Crippen molar-refractivity contribution in [2.24, 2.45) is 16.7 Å². The van der Waals surface area contributed by atoms with Gasteiger partial charge in [0.15, 0.2) is 0 Å². The second kappa shape index (κ2) is 2.37. The number of hydrogen-bond acceptors (Lipinski definition) is 3. The quantitative estimate of drug-likeness (QED) is 0.468. The predicted molar refractivity (Wildman–Crippen MR) is 48.3 cm³/mol. The van der Waals surface area contributed by atoms with Crippen LogP contribution in [0.1, 0.15) is 33.6 Å². The fourth-order valence-corrected chi connectivity index (χ4v) is 2.80. The highest BCUT2D eigenvalue weighted by atomic mass is 16.5. The summed E-state index contributed by atoms with van der Waals surface area (Å²) in [4.78, 5) is 23.4. The summed E-state index contributed by atoms with van der Waals surface area (Å²) >= 11 is 0. The van der Waals surface area contributed by atoms with Crippen LogP contribution in [0.15, 0.2) is 0 Å². The predicted octanol–water partition coefficient (Wildman–Crippen LogP) is 1.19. The van der Waals surface area contributed by atoms with Crippen LogP contribution in [0.5, 0.6) is 0 Å². The Morgan fingerprint density at radius 1 is 1.36 bits per heavy atom. The van der Waals surface area contributed by atoms with E-state index < -0.39 is 17.2 Å². The van der Waals surface area contributed by atoms with Gasteiger partial charge in [-0.05, 0) is 18.3 Å². The molecule has 2 fully saturated rings. The summed E-state index contributed by atoms with van der Waals surface area (Å²) in [6.07, 6.45) is 1.39. The molecule has 1 saturated carbocycles. The molecular formula is C10H15NO3. The largest absolute Gasteiger partial charge is 0.278 e. The number of imide groups is 1. The third kappa shape index (κ3) is 0.780. The normalized spacial score (nSPS) is 40.6. The monoisotopic (exact) mass is 197 g/mol. The first-order chi connectivity index (χ1) is 6.32. The second-order valence-electron chi connectivity index (χ2n) is 5.10. The number of rotatable bonds is 0. The van der Waals surface area contributed by atoms with Crippen molar-refractivity contribution in [3.8, 4) is 0 Å². The van der Waals surface area contributed by atoms with Crippen molar-refractivity contribution in [1.82, 2.24) is 5.06 Å². The van der Waals surface area contributed by atoms with Crippen LogP contribution in [0.4, 0.5) is 0 Å². The number of hydroxylamine groups is 2. The van der Waals surface area contributed by atoms with Gasteiger partial charge in [-0.25, -0.2) is 0 Å². The average Bonchev–Trinajstić information content (AvgIpc) is 2.30. The summed E-state index contributed by atoms with van der Waals surface area (Å²) in [5, 5.41) is 9.68. The molecule has 4 nitrogen and oxygen atoms in total. The molecule has 14 heavy (non-hydrogen) atoms. The van der Waals surface area contributed by atoms with Crippen LogP contribution in [0, 0.1) is 16.7 Å². The minimum absolute atomic E-state index is 0.213. The van der Waals surface area contributed by atoms with E-state index in [2.05, 4.69) is 0 Å². The van der Waals surface area contributed by atoms with Crippen molar-refractivity contribution in [3.05, 3.63) is 0 Å². The number of hydrogen-bond donors (Lipinski definition) is 1. The van der Waals surface area contributed by atoms with Gasteiger partial charge in [-0.1, -0.05) is 20.8 Å². The molecule has 0 spiro atoms. The van der Waals surface area contributed by atoms with Gasteiger partial charge in [-0.15, -0.1) is 0 Å². The molecule has 2 amide bonds. The summed E-state index contributed by atoms with van der Waals surface area (Å²) < 4.78 is 0. The topological polar surface area (TPSA) is 57.6 Å². The van der Waals surface area contributed by atoms with Gasteiger partial charge in [-0.2, -0.15) is 5.06 Å². The van der Waals surface area contributed by atoms with Gasteiger partial charge in [0, 0.05) is 5.92 Å². The van der Waals surface area contributed by atoms with Gasteiger partial charge in [0.05, 0.1) is 5.41 Å². The SMILES string of the molecule is CC12CCC(C(=O)N(O)C1=O)C2(C)C. The first kappa shape index (κ1) is 9.65. The molecule has 1 aliphatic carbocycles. The van der Waals surface area contributed by atoms with Crippen molar-refractivity contribution in [3.63, 3.8) is 0 Å². The highest BCUT2D eigenvalue weighted by molar-refractivity contribution is 6.02. The van der Waals surface area contributed by atoms with E-state index in [0.29, 0.717) is 17.9 Å². The maximum absolute atomic E-state index is 11.8. The molecular weight excluding hydrogens is 182 g/mol. The summed E-state index contributed by atoms with van der Waals surface area (Å²) in [6.45, 7) is 5.71. The van der Waals surface area contributed by atoms with E-state index in [1.54, 1.807) is 0 Å². The van der Waals surface area contributed by atoms with Gasteiger partial charge in [0.2, 0.25) is 0 Å². The number of carbonyl (C=O) groups is 2. The molecule has 2 bridgehead atoms. The van der Waals surface area contributed by atoms with Gasteiger partial charge >= 0.3 is 0 Å². The third-order valence-corrected chi connectivity index (χ3v) is 4.40. The highest BCUT2D eigenvalue weighted by Gasteiger charge is 2.64. The maximum Gasteiger partial charge on any atom is 0.259 e. The van der Waals surface area contributed by atoms with Crippen molar-refractivity contribution in [1.29, 1.82) is 0 Å². The van der Waals surface area contributed by atoms with E-state index in [1.807, 2.05) is 20.8 Å².